The predicted octanol–water partition coefficient (Wildman–Crippen LogP) is 2.81. The van der Waals surface area contributed by atoms with E-state index in [1.165, 1.54) is 0 Å². The molecule has 1 aromatic carbocycles. The fourth-order valence-corrected chi connectivity index (χ4v) is 3.35. The molecule has 0 bridgehead atoms. The quantitative estimate of drug-likeness (QED) is 0.859. The molecule has 7 nitrogen and oxygen atoms in total. The average Bonchev–Trinajstić information content (AvgIpc) is 3.12. The summed E-state index contributed by atoms with van der Waals surface area (Å²) in [6, 6.07) is 7.09. The molecule has 1 fully saturated rings. The molecule has 144 valence electrons. The van der Waals surface area contributed by atoms with E-state index < -0.39 is 0 Å². The molecule has 1 heterocycles. The van der Waals surface area contributed by atoms with Crippen LogP contribution in [0.1, 0.15) is 62.6 Å². The largest absolute Gasteiger partial charge is 0.369 e. The molecule has 2 atom stereocenters. The van der Waals surface area contributed by atoms with Crippen LogP contribution in [-0.2, 0) is 10.2 Å². The van der Waals surface area contributed by atoms with Crippen LogP contribution in [0.2, 0.25) is 0 Å². The molecule has 27 heavy (non-hydrogen) atoms. The normalized spacial score (nSPS) is 20.3. The van der Waals surface area contributed by atoms with Crippen LogP contribution in [0.25, 0.3) is 11.5 Å². The van der Waals surface area contributed by atoms with Crippen LogP contribution in [0, 0.1) is 5.92 Å². The molecule has 0 spiro atoms. The van der Waals surface area contributed by atoms with Crippen molar-refractivity contribution in [2.24, 2.45) is 11.7 Å². The molecular weight excluding hydrogens is 344 g/mol. The van der Waals surface area contributed by atoms with Gasteiger partial charge in [0.15, 0.2) is 5.82 Å². The fraction of sp³-hybridized carbons (Fsp3) is 0.500. The lowest BCUT2D eigenvalue weighted by atomic mass is 9.85. The zero-order valence-corrected chi connectivity index (χ0v) is 16.0. The first-order valence-electron chi connectivity index (χ1n) is 9.29. The van der Waals surface area contributed by atoms with E-state index in [9.17, 15) is 9.59 Å². The van der Waals surface area contributed by atoms with Crippen molar-refractivity contribution in [3.05, 3.63) is 35.7 Å². The van der Waals surface area contributed by atoms with E-state index in [-0.39, 0.29) is 29.2 Å². The summed E-state index contributed by atoms with van der Waals surface area (Å²) in [7, 11) is 0. The molecule has 2 amide bonds. The number of nitrogens with zero attached hydrogens (tertiary/aromatic N) is 2. The number of hydrogen-bond acceptors (Lipinski definition) is 5. The zero-order chi connectivity index (χ0) is 19.6. The first kappa shape index (κ1) is 19.1. The summed E-state index contributed by atoms with van der Waals surface area (Å²) in [5, 5.41) is 7.07. The van der Waals surface area contributed by atoms with Crippen molar-refractivity contribution in [2.75, 3.05) is 0 Å². The predicted molar refractivity (Wildman–Crippen MR) is 101 cm³/mol. The van der Waals surface area contributed by atoms with E-state index in [0.717, 1.165) is 19.3 Å². The number of carbonyl (C=O) groups excluding carboxylic acids is 2. The second-order valence-electron chi connectivity index (χ2n) is 8.16. The highest BCUT2D eigenvalue weighted by atomic mass is 16.5. The van der Waals surface area contributed by atoms with Gasteiger partial charge in [-0.25, -0.2) is 0 Å². The van der Waals surface area contributed by atoms with E-state index >= 15 is 0 Å². The van der Waals surface area contributed by atoms with Crippen LogP contribution in [0.15, 0.2) is 28.8 Å². The summed E-state index contributed by atoms with van der Waals surface area (Å²) in [5.41, 5.74) is 6.26. The van der Waals surface area contributed by atoms with Crippen molar-refractivity contribution >= 4 is 11.8 Å². The van der Waals surface area contributed by atoms with Gasteiger partial charge in [0, 0.05) is 17.4 Å². The maximum atomic E-state index is 12.9. The number of amides is 2. The van der Waals surface area contributed by atoms with Crippen LogP contribution in [0.4, 0.5) is 0 Å². The Bertz CT molecular complexity index is 838. The Morgan fingerprint density at radius 3 is 2.63 bits per heavy atom. The van der Waals surface area contributed by atoms with Crippen molar-refractivity contribution in [3.63, 3.8) is 0 Å². The summed E-state index contributed by atoms with van der Waals surface area (Å²) >= 11 is 0. The summed E-state index contributed by atoms with van der Waals surface area (Å²) in [6.45, 7) is 6.00. The third-order valence-corrected chi connectivity index (χ3v) is 4.91. The number of primary amides is 1. The lowest BCUT2D eigenvalue weighted by Gasteiger charge is -2.28. The van der Waals surface area contributed by atoms with Gasteiger partial charge >= 0.3 is 0 Å². The van der Waals surface area contributed by atoms with Gasteiger partial charge in [-0.05, 0) is 31.4 Å². The first-order chi connectivity index (χ1) is 12.8. The Hall–Kier alpha value is -2.70. The maximum Gasteiger partial charge on any atom is 0.258 e. The molecule has 0 unspecified atom stereocenters. The van der Waals surface area contributed by atoms with E-state index in [0.29, 0.717) is 29.3 Å². The monoisotopic (exact) mass is 370 g/mol. The van der Waals surface area contributed by atoms with Gasteiger partial charge in [0.1, 0.15) is 0 Å². The van der Waals surface area contributed by atoms with Gasteiger partial charge < -0.3 is 15.6 Å². The topological polar surface area (TPSA) is 111 Å². The van der Waals surface area contributed by atoms with Crippen molar-refractivity contribution in [2.45, 2.75) is 57.9 Å². The fourth-order valence-electron chi connectivity index (χ4n) is 3.35. The summed E-state index contributed by atoms with van der Waals surface area (Å²) in [6.07, 6.45) is 3.08. The molecule has 1 aliphatic rings. The number of rotatable bonds is 4. The number of carbonyl (C=O) groups is 2. The van der Waals surface area contributed by atoms with E-state index in [1.807, 2.05) is 26.8 Å². The second-order valence-corrected chi connectivity index (χ2v) is 8.16. The molecule has 1 aliphatic carbocycles. The minimum atomic E-state index is -0.296. The lowest BCUT2D eigenvalue weighted by Crippen LogP contribution is -2.41. The number of aromatic nitrogens is 2. The molecule has 0 aliphatic heterocycles. The Labute approximate surface area is 158 Å². The first-order valence-corrected chi connectivity index (χ1v) is 9.29. The summed E-state index contributed by atoms with van der Waals surface area (Å²) in [5.74, 6) is 0.226. The minimum Gasteiger partial charge on any atom is -0.369 e. The highest BCUT2D eigenvalue weighted by Crippen LogP contribution is 2.27. The van der Waals surface area contributed by atoms with Crippen LogP contribution in [0.5, 0.6) is 0 Å². The summed E-state index contributed by atoms with van der Waals surface area (Å²) in [4.78, 5) is 28.8. The molecule has 2 aromatic rings. The zero-order valence-electron chi connectivity index (χ0n) is 16.0. The number of nitrogens with one attached hydrogen (secondary N) is 1. The molecule has 7 heteroatoms. The lowest BCUT2D eigenvalue weighted by molar-refractivity contribution is -0.122. The van der Waals surface area contributed by atoms with E-state index in [1.54, 1.807) is 18.2 Å². The standard InChI is InChI=1S/C20H26N4O3/c1-20(2,3)19-23-18(27-24-19)15-10-5-4-9-14(15)17(26)22-13-8-6-7-12(11-13)16(21)25/h4-5,9-10,12-13H,6-8,11H2,1-3H3,(H2,21,25)(H,22,26)/t12-,13+/m1/s1. The number of benzene rings is 1. The smallest absolute Gasteiger partial charge is 0.258 e. The number of hydrogen-bond donors (Lipinski definition) is 2. The van der Waals surface area contributed by atoms with Gasteiger partial charge in [-0.15, -0.1) is 0 Å². The molecule has 0 saturated heterocycles. The molecule has 3 N–H and O–H groups in total. The Balaban J connectivity index is 1.80. The third kappa shape index (κ3) is 4.35. The highest BCUT2D eigenvalue weighted by molar-refractivity contribution is 6.00. The average molecular weight is 370 g/mol. The van der Waals surface area contributed by atoms with Crippen molar-refractivity contribution in [1.29, 1.82) is 0 Å². The molecule has 1 saturated carbocycles. The van der Waals surface area contributed by atoms with Gasteiger partial charge in [0.05, 0.1) is 11.1 Å². The molecule has 1 aromatic heterocycles. The molecule has 3 rings (SSSR count). The van der Waals surface area contributed by atoms with Crippen molar-refractivity contribution in [1.82, 2.24) is 15.5 Å². The van der Waals surface area contributed by atoms with Gasteiger partial charge in [0.25, 0.3) is 11.8 Å². The van der Waals surface area contributed by atoms with Crippen LogP contribution < -0.4 is 11.1 Å². The Morgan fingerprint density at radius 1 is 1.22 bits per heavy atom. The minimum absolute atomic E-state index is 0.0652. The van der Waals surface area contributed by atoms with Crippen molar-refractivity contribution < 1.29 is 14.1 Å². The SMILES string of the molecule is CC(C)(C)c1noc(-c2ccccc2C(=O)N[C@H]2CCC[C@@H](C(N)=O)C2)n1. The maximum absolute atomic E-state index is 12.9. The van der Waals surface area contributed by atoms with Crippen LogP contribution >= 0.6 is 0 Å². The number of nitrogens with two attached hydrogens (primary N) is 1. The van der Waals surface area contributed by atoms with Crippen LogP contribution in [-0.4, -0.2) is 28.0 Å². The molecular formula is C20H26N4O3. The van der Waals surface area contributed by atoms with Crippen LogP contribution in [0.3, 0.4) is 0 Å². The van der Waals surface area contributed by atoms with Gasteiger partial charge in [-0.1, -0.05) is 44.5 Å². The highest BCUT2D eigenvalue weighted by Gasteiger charge is 2.28. The summed E-state index contributed by atoms with van der Waals surface area (Å²) < 4.78 is 5.40. The van der Waals surface area contributed by atoms with E-state index in [4.69, 9.17) is 10.3 Å². The van der Waals surface area contributed by atoms with Gasteiger partial charge in [-0.3, -0.25) is 9.59 Å². The third-order valence-electron chi connectivity index (χ3n) is 4.91. The van der Waals surface area contributed by atoms with E-state index in [2.05, 4.69) is 15.5 Å². The van der Waals surface area contributed by atoms with Crippen molar-refractivity contribution in [3.8, 4) is 11.5 Å². The second kappa shape index (κ2) is 7.50. The molecule has 0 radical (unpaired) electrons. The Morgan fingerprint density at radius 2 is 1.96 bits per heavy atom. The Kier molecular flexibility index (Phi) is 5.30. The van der Waals surface area contributed by atoms with Gasteiger partial charge in [-0.2, -0.15) is 4.98 Å². The van der Waals surface area contributed by atoms with Gasteiger partial charge in [0.2, 0.25) is 5.91 Å².